The van der Waals surface area contributed by atoms with Crippen LogP contribution in [0.5, 0.6) is 0 Å². The first-order chi connectivity index (χ1) is 14.5. The lowest BCUT2D eigenvalue weighted by Gasteiger charge is -2.36. The summed E-state index contributed by atoms with van der Waals surface area (Å²) in [6.07, 6.45) is 0. The number of carbonyl (C=O) groups excluding carboxylic acids is 1. The summed E-state index contributed by atoms with van der Waals surface area (Å²) >= 11 is 5.78. The fourth-order valence-corrected chi connectivity index (χ4v) is 3.70. The maximum Gasteiger partial charge on any atom is 0.321 e. The number of urea groups is 1. The number of rotatable bonds is 3. The summed E-state index contributed by atoms with van der Waals surface area (Å²) in [6, 6.07) is 5.87. The predicted octanol–water partition coefficient (Wildman–Crippen LogP) is 2.77. The summed E-state index contributed by atoms with van der Waals surface area (Å²) in [6.45, 7) is 7.32. The molecule has 160 valence electrons. The standard InChI is InChI=1S/C20H24ClFN6O2/c1-14-12-18(25-19(23-14)27-8-10-30-11-9-27)26-4-6-28(7-5-26)20(29)24-15-2-3-17(22)16(21)13-15/h2-3,12-13H,4-11H2,1H3,(H,24,29). The molecule has 2 fully saturated rings. The van der Waals surface area contributed by atoms with E-state index in [0.717, 1.165) is 30.5 Å². The van der Waals surface area contributed by atoms with Crippen LogP contribution in [-0.2, 0) is 4.74 Å². The Kier molecular flexibility index (Phi) is 6.19. The Morgan fingerprint density at radius 2 is 1.80 bits per heavy atom. The number of nitrogens with zero attached hydrogens (tertiary/aromatic N) is 5. The molecule has 0 unspecified atom stereocenters. The molecule has 4 rings (SSSR count). The van der Waals surface area contributed by atoms with Gasteiger partial charge in [-0.25, -0.2) is 14.2 Å². The number of hydrogen-bond acceptors (Lipinski definition) is 6. The van der Waals surface area contributed by atoms with Crippen molar-refractivity contribution in [2.24, 2.45) is 0 Å². The minimum absolute atomic E-state index is 0.0205. The maximum absolute atomic E-state index is 13.3. The van der Waals surface area contributed by atoms with Crippen molar-refractivity contribution in [2.75, 3.05) is 67.6 Å². The largest absolute Gasteiger partial charge is 0.378 e. The number of halogens is 2. The van der Waals surface area contributed by atoms with E-state index in [9.17, 15) is 9.18 Å². The van der Waals surface area contributed by atoms with Crippen LogP contribution in [0, 0.1) is 12.7 Å². The van der Waals surface area contributed by atoms with Crippen molar-refractivity contribution in [1.82, 2.24) is 14.9 Å². The van der Waals surface area contributed by atoms with Gasteiger partial charge in [-0.05, 0) is 25.1 Å². The first-order valence-corrected chi connectivity index (χ1v) is 10.3. The van der Waals surface area contributed by atoms with E-state index in [1.807, 2.05) is 13.0 Å². The van der Waals surface area contributed by atoms with E-state index in [2.05, 4.69) is 20.1 Å². The molecule has 2 aromatic rings. The number of aryl methyl sites for hydroxylation is 1. The molecule has 8 nitrogen and oxygen atoms in total. The minimum atomic E-state index is -0.514. The van der Waals surface area contributed by atoms with Gasteiger partial charge in [-0.15, -0.1) is 0 Å². The van der Waals surface area contributed by atoms with E-state index in [0.29, 0.717) is 45.1 Å². The summed E-state index contributed by atoms with van der Waals surface area (Å²) in [5.41, 5.74) is 1.38. The Morgan fingerprint density at radius 3 is 2.50 bits per heavy atom. The zero-order valence-electron chi connectivity index (χ0n) is 16.8. The second kappa shape index (κ2) is 9.01. The van der Waals surface area contributed by atoms with Crippen molar-refractivity contribution in [1.29, 1.82) is 0 Å². The van der Waals surface area contributed by atoms with Gasteiger partial charge in [0.25, 0.3) is 0 Å². The molecule has 0 aliphatic carbocycles. The van der Waals surface area contributed by atoms with Gasteiger partial charge in [0.05, 0.1) is 18.2 Å². The molecule has 2 aliphatic heterocycles. The number of ether oxygens (including phenoxy) is 1. The van der Waals surface area contributed by atoms with Gasteiger partial charge >= 0.3 is 6.03 Å². The number of benzene rings is 1. The zero-order chi connectivity index (χ0) is 21.1. The molecule has 0 saturated carbocycles. The number of amides is 2. The smallest absolute Gasteiger partial charge is 0.321 e. The molecule has 0 bridgehead atoms. The van der Waals surface area contributed by atoms with E-state index >= 15 is 0 Å². The van der Waals surface area contributed by atoms with E-state index in [4.69, 9.17) is 21.3 Å². The summed E-state index contributed by atoms with van der Waals surface area (Å²) in [5.74, 6) is 1.08. The Hall–Kier alpha value is -2.65. The molecule has 1 aromatic heterocycles. The number of anilines is 3. The SMILES string of the molecule is Cc1cc(N2CCN(C(=O)Nc3ccc(F)c(Cl)c3)CC2)nc(N2CCOCC2)n1. The molecule has 2 aliphatic rings. The van der Waals surface area contributed by atoms with Gasteiger partial charge in [0.15, 0.2) is 0 Å². The minimum Gasteiger partial charge on any atom is -0.378 e. The third kappa shape index (κ3) is 4.73. The molecule has 10 heteroatoms. The first kappa shape index (κ1) is 20.6. The lowest BCUT2D eigenvalue weighted by molar-refractivity contribution is 0.122. The molecule has 3 heterocycles. The van der Waals surface area contributed by atoms with Gasteiger partial charge in [0, 0.05) is 56.7 Å². The molecular weight excluding hydrogens is 411 g/mol. The van der Waals surface area contributed by atoms with Crippen molar-refractivity contribution in [3.05, 3.63) is 40.8 Å². The summed E-state index contributed by atoms with van der Waals surface area (Å²) in [4.78, 5) is 27.9. The van der Waals surface area contributed by atoms with Gasteiger partial charge in [-0.1, -0.05) is 11.6 Å². The van der Waals surface area contributed by atoms with Crippen molar-refractivity contribution in [2.45, 2.75) is 6.92 Å². The van der Waals surface area contributed by atoms with Gasteiger partial charge in [-0.2, -0.15) is 4.98 Å². The predicted molar refractivity (Wildman–Crippen MR) is 114 cm³/mol. The van der Waals surface area contributed by atoms with Crippen LogP contribution in [0.4, 0.5) is 26.6 Å². The molecule has 0 atom stereocenters. The fourth-order valence-electron chi connectivity index (χ4n) is 3.52. The average molecular weight is 435 g/mol. The highest BCUT2D eigenvalue weighted by Crippen LogP contribution is 2.22. The van der Waals surface area contributed by atoms with E-state index in [-0.39, 0.29) is 11.1 Å². The highest BCUT2D eigenvalue weighted by molar-refractivity contribution is 6.31. The summed E-state index contributed by atoms with van der Waals surface area (Å²) < 4.78 is 18.7. The van der Waals surface area contributed by atoms with E-state index < -0.39 is 5.82 Å². The van der Waals surface area contributed by atoms with Crippen LogP contribution in [0.2, 0.25) is 5.02 Å². The monoisotopic (exact) mass is 434 g/mol. The molecule has 0 spiro atoms. The van der Waals surface area contributed by atoms with Crippen LogP contribution in [0.15, 0.2) is 24.3 Å². The topological polar surface area (TPSA) is 73.8 Å². The van der Waals surface area contributed by atoms with Crippen molar-refractivity contribution < 1.29 is 13.9 Å². The van der Waals surface area contributed by atoms with Crippen molar-refractivity contribution in [3.8, 4) is 0 Å². The van der Waals surface area contributed by atoms with Crippen molar-refractivity contribution in [3.63, 3.8) is 0 Å². The second-order valence-corrected chi connectivity index (χ2v) is 7.71. The Bertz CT molecular complexity index is 916. The van der Waals surface area contributed by atoms with Crippen LogP contribution in [0.3, 0.4) is 0 Å². The van der Waals surface area contributed by atoms with Crippen LogP contribution in [-0.4, -0.2) is 73.4 Å². The lowest BCUT2D eigenvalue weighted by atomic mass is 10.3. The summed E-state index contributed by atoms with van der Waals surface area (Å²) in [7, 11) is 0. The molecule has 0 radical (unpaired) electrons. The lowest BCUT2D eigenvalue weighted by Crippen LogP contribution is -2.50. The number of nitrogens with one attached hydrogen (secondary N) is 1. The fraction of sp³-hybridized carbons (Fsp3) is 0.450. The molecule has 1 N–H and O–H groups in total. The highest BCUT2D eigenvalue weighted by atomic mass is 35.5. The van der Waals surface area contributed by atoms with E-state index in [1.54, 1.807) is 4.90 Å². The van der Waals surface area contributed by atoms with E-state index in [1.165, 1.54) is 18.2 Å². The Morgan fingerprint density at radius 1 is 1.07 bits per heavy atom. The summed E-state index contributed by atoms with van der Waals surface area (Å²) in [5, 5.41) is 2.75. The number of hydrogen-bond donors (Lipinski definition) is 1. The molecule has 2 amide bonds. The van der Waals surface area contributed by atoms with Gasteiger partial charge < -0.3 is 24.8 Å². The molecule has 1 aromatic carbocycles. The quantitative estimate of drug-likeness (QED) is 0.800. The molecular formula is C20H24ClFN6O2. The van der Waals surface area contributed by atoms with Crippen LogP contribution < -0.4 is 15.1 Å². The van der Waals surface area contributed by atoms with Crippen LogP contribution in [0.25, 0.3) is 0 Å². The number of carbonyl (C=O) groups is 1. The number of aromatic nitrogens is 2. The second-order valence-electron chi connectivity index (χ2n) is 7.30. The molecule has 2 saturated heterocycles. The number of morpholine rings is 1. The average Bonchev–Trinajstić information content (AvgIpc) is 2.76. The van der Waals surface area contributed by atoms with Crippen LogP contribution in [0.1, 0.15) is 5.69 Å². The first-order valence-electron chi connectivity index (χ1n) is 9.94. The van der Waals surface area contributed by atoms with Crippen molar-refractivity contribution >= 4 is 35.1 Å². The highest BCUT2D eigenvalue weighted by Gasteiger charge is 2.24. The zero-order valence-corrected chi connectivity index (χ0v) is 17.5. The van der Waals surface area contributed by atoms with Gasteiger partial charge in [-0.3, -0.25) is 0 Å². The van der Waals surface area contributed by atoms with Gasteiger partial charge in [0.1, 0.15) is 11.6 Å². The Balaban J connectivity index is 1.37. The molecule has 30 heavy (non-hydrogen) atoms. The normalized spacial score (nSPS) is 17.2. The third-order valence-corrected chi connectivity index (χ3v) is 5.47. The van der Waals surface area contributed by atoms with Gasteiger partial charge in [0.2, 0.25) is 5.95 Å². The third-order valence-electron chi connectivity index (χ3n) is 5.18. The Labute approximate surface area is 179 Å². The number of piperazine rings is 1. The maximum atomic E-state index is 13.3. The van der Waals surface area contributed by atoms with Crippen LogP contribution >= 0.6 is 11.6 Å².